The van der Waals surface area contributed by atoms with Crippen LogP contribution in [0.5, 0.6) is 0 Å². The molecule has 0 aromatic carbocycles. The highest BCUT2D eigenvalue weighted by atomic mass is 16.5. The van der Waals surface area contributed by atoms with Crippen LogP contribution >= 0.6 is 0 Å². The van der Waals surface area contributed by atoms with Crippen LogP contribution in [0, 0.1) is 0 Å². The monoisotopic (exact) mass is 159 g/mol. The molecule has 0 aromatic heterocycles. The summed E-state index contributed by atoms with van der Waals surface area (Å²) in [5.41, 5.74) is 0. The molecule has 1 heterocycles. The predicted molar refractivity (Wildman–Crippen MR) is 38.9 cm³/mol. The van der Waals surface area contributed by atoms with Gasteiger partial charge in [0.2, 0.25) is 0 Å². The number of hydrogen-bond donors (Lipinski definition) is 2. The third-order valence-corrected chi connectivity index (χ3v) is 1.74. The van der Waals surface area contributed by atoms with Gasteiger partial charge in [0, 0.05) is 6.61 Å². The lowest BCUT2D eigenvalue weighted by Crippen LogP contribution is -2.26. The Balaban J connectivity index is 2.45. The molecule has 5 heteroatoms. The van der Waals surface area contributed by atoms with E-state index in [-0.39, 0.29) is 6.04 Å². The van der Waals surface area contributed by atoms with Crippen molar-refractivity contribution >= 4 is 0 Å². The van der Waals surface area contributed by atoms with E-state index in [9.17, 15) is 5.11 Å². The summed E-state index contributed by atoms with van der Waals surface area (Å²) in [5, 5.41) is 16.2. The maximum atomic E-state index is 9.35. The molecule has 0 spiro atoms. The molecule has 0 bridgehead atoms. The second kappa shape index (κ2) is 4.25. The highest BCUT2D eigenvalue weighted by molar-refractivity contribution is 4.75. The van der Waals surface area contributed by atoms with Crippen LogP contribution in [0.2, 0.25) is 0 Å². The van der Waals surface area contributed by atoms with Gasteiger partial charge in [-0.1, -0.05) is 5.22 Å². The Bertz CT molecular complexity index is 140. The van der Waals surface area contributed by atoms with E-state index < -0.39 is 6.10 Å². The third-order valence-electron chi connectivity index (χ3n) is 1.74. The number of nitrogens with zero attached hydrogens (tertiary/aromatic N) is 2. The van der Waals surface area contributed by atoms with Gasteiger partial charge in [0.15, 0.2) is 0 Å². The van der Waals surface area contributed by atoms with E-state index in [1.165, 1.54) is 0 Å². The molecule has 0 aliphatic carbocycles. The van der Waals surface area contributed by atoms with E-state index in [4.69, 9.17) is 10.6 Å². The van der Waals surface area contributed by atoms with E-state index in [1.807, 2.05) is 0 Å². The van der Waals surface area contributed by atoms with Crippen molar-refractivity contribution in [3.63, 3.8) is 0 Å². The van der Waals surface area contributed by atoms with Crippen LogP contribution in [-0.2, 0) is 4.74 Å². The van der Waals surface area contributed by atoms with Crippen LogP contribution in [0.3, 0.4) is 0 Å². The van der Waals surface area contributed by atoms with Crippen LogP contribution in [-0.4, -0.2) is 30.5 Å². The van der Waals surface area contributed by atoms with Gasteiger partial charge in [-0.3, -0.25) is 0 Å². The largest absolute Gasteiger partial charge is 0.388 e. The van der Waals surface area contributed by atoms with Crippen molar-refractivity contribution < 1.29 is 9.84 Å². The van der Waals surface area contributed by atoms with Crippen molar-refractivity contribution in [2.24, 2.45) is 16.2 Å². The minimum absolute atomic E-state index is 0.178. The van der Waals surface area contributed by atoms with Crippen LogP contribution in [0.15, 0.2) is 10.3 Å². The van der Waals surface area contributed by atoms with Gasteiger partial charge in [0.25, 0.3) is 0 Å². The maximum Gasteiger partial charge on any atom is 0.101 e. The van der Waals surface area contributed by atoms with Crippen molar-refractivity contribution in [2.45, 2.75) is 25.0 Å². The Morgan fingerprint density at radius 2 is 2.36 bits per heavy atom. The van der Waals surface area contributed by atoms with Gasteiger partial charge in [-0.2, -0.15) is 5.11 Å². The Morgan fingerprint density at radius 3 is 3.09 bits per heavy atom. The molecule has 0 saturated carbocycles. The van der Waals surface area contributed by atoms with Crippen LogP contribution in [0.1, 0.15) is 12.8 Å². The molecular formula is C6H13N3O2. The van der Waals surface area contributed by atoms with E-state index in [2.05, 4.69) is 10.3 Å². The van der Waals surface area contributed by atoms with Crippen molar-refractivity contribution in [2.75, 3.05) is 13.2 Å². The molecular weight excluding hydrogens is 146 g/mol. The summed E-state index contributed by atoms with van der Waals surface area (Å²) < 4.78 is 5.09. The standard InChI is InChI=1S/C6H13N3O2/c7-9-8-5-2-1-3-11-4-6(5)10/h5-6,10H,1-4H2,(H2,7,8)/t5?,6-/m1/s1. The number of ether oxygens (including phenoxy) is 1. The first-order valence-electron chi connectivity index (χ1n) is 3.70. The second-order valence-electron chi connectivity index (χ2n) is 2.58. The first-order valence-corrected chi connectivity index (χ1v) is 3.70. The lowest BCUT2D eigenvalue weighted by Gasteiger charge is -2.12. The molecule has 1 aliphatic rings. The quantitative estimate of drug-likeness (QED) is 0.317. The van der Waals surface area contributed by atoms with Crippen molar-refractivity contribution in [1.82, 2.24) is 0 Å². The van der Waals surface area contributed by atoms with Crippen LogP contribution < -0.4 is 5.84 Å². The molecule has 0 radical (unpaired) electrons. The summed E-state index contributed by atoms with van der Waals surface area (Å²) in [7, 11) is 0. The molecule has 64 valence electrons. The minimum atomic E-state index is -0.551. The fourth-order valence-corrected chi connectivity index (χ4v) is 1.12. The number of rotatable bonds is 1. The summed E-state index contributed by atoms with van der Waals surface area (Å²) in [5.74, 6) is 4.88. The SMILES string of the molecule is NN=NC1CCCOC[C@H]1O. The van der Waals surface area contributed by atoms with Gasteiger partial charge < -0.3 is 15.7 Å². The highest BCUT2D eigenvalue weighted by Gasteiger charge is 2.21. The zero-order valence-electron chi connectivity index (χ0n) is 6.31. The number of aliphatic hydroxyl groups is 1. The summed E-state index contributed by atoms with van der Waals surface area (Å²) in [6.07, 6.45) is 1.15. The molecule has 3 N–H and O–H groups in total. The molecule has 1 saturated heterocycles. The second-order valence-corrected chi connectivity index (χ2v) is 2.58. The first-order chi connectivity index (χ1) is 5.34. The van der Waals surface area contributed by atoms with E-state index in [0.29, 0.717) is 13.2 Å². The molecule has 5 nitrogen and oxygen atoms in total. The van der Waals surface area contributed by atoms with Crippen molar-refractivity contribution in [3.05, 3.63) is 0 Å². The van der Waals surface area contributed by atoms with Crippen molar-refractivity contribution in [3.8, 4) is 0 Å². The summed E-state index contributed by atoms with van der Waals surface area (Å²) in [6.45, 7) is 1.03. The minimum Gasteiger partial charge on any atom is -0.388 e. The molecule has 1 unspecified atom stereocenters. The Labute approximate surface area is 65.2 Å². The van der Waals surface area contributed by atoms with Gasteiger partial charge in [-0.15, -0.1) is 0 Å². The van der Waals surface area contributed by atoms with E-state index in [0.717, 1.165) is 12.8 Å². The fourth-order valence-electron chi connectivity index (χ4n) is 1.12. The highest BCUT2D eigenvalue weighted by Crippen LogP contribution is 2.12. The average Bonchev–Trinajstić information content (AvgIpc) is 2.18. The normalized spacial score (nSPS) is 33.9. The number of aliphatic hydroxyl groups excluding tert-OH is 1. The molecule has 1 aliphatic heterocycles. The Hall–Kier alpha value is -0.680. The smallest absolute Gasteiger partial charge is 0.101 e. The molecule has 1 rings (SSSR count). The van der Waals surface area contributed by atoms with Gasteiger partial charge >= 0.3 is 0 Å². The predicted octanol–water partition coefficient (Wildman–Crippen LogP) is -0.148. The fraction of sp³-hybridized carbons (Fsp3) is 1.00. The molecule has 0 aromatic rings. The zero-order chi connectivity index (χ0) is 8.10. The maximum absolute atomic E-state index is 9.35. The van der Waals surface area contributed by atoms with Gasteiger partial charge in [-0.05, 0) is 12.8 Å². The van der Waals surface area contributed by atoms with Crippen LogP contribution in [0.25, 0.3) is 0 Å². The van der Waals surface area contributed by atoms with E-state index in [1.54, 1.807) is 0 Å². The first kappa shape index (κ1) is 8.42. The summed E-state index contributed by atoms with van der Waals surface area (Å²) in [4.78, 5) is 0. The Kier molecular flexibility index (Phi) is 3.25. The molecule has 11 heavy (non-hydrogen) atoms. The van der Waals surface area contributed by atoms with E-state index >= 15 is 0 Å². The van der Waals surface area contributed by atoms with Gasteiger partial charge in [0.1, 0.15) is 12.1 Å². The van der Waals surface area contributed by atoms with Gasteiger partial charge in [-0.25, -0.2) is 0 Å². The van der Waals surface area contributed by atoms with Gasteiger partial charge in [0.05, 0.1) is 6.61 Å². The molecule has 0 amide bonds. The summed E-state index contributed by atoms with van der Waals surface area (Å²) in [6, 6.07) is -0.178. The van der Waals surface area contributed by atoms with Crippen LogP contribution in [0.4, 0.5) is 0 Å². The third kappa shape index (κ3) is 2.44. The summed E-state index contributed by atoms with van der Waals surface area (Å²) >= 11 is 0. The lowest BCUT2D eigenvalue weighted by molar-refractivity contribution is 0.0428. The zero-order valence-corrected chi connectivity index (χ0v) is 6.31. The molecule has 1 fully saturated rings. The number of hydrogen-bond acceptors (Lipinski definition) is 4. The average molecular weight is 159 g/mol. The topological polar surface area (TPSA) is 80.2 Å². The Morgan fingerprint density at radius 1 is 1.55 bits per heavy atom. The lowest BCUT2D eigenvalue weighted by atomic mass is 10.1. The molecule has 2 atom stereocenters. The number of nitrogens with two attached hydrogens (primary N) is 1. The van der Waals surface area contributed by atoms with Crippen molar-refractivity contribution in [1.29, 1.82) is 0 Å².